The van der Waals surface area contributed by atoms with E-state index in [1.807, 2.05) is 35.0 Å². The average Bonchev–Trinajstić information content (AvgIpc) is 2.68. The van der Waals surface area contributed by atoms with Crippen LogP contribution >= 0.6 is 0 Å². The molecular formula is C16H22N2O. The first kappa shape index (κ1) is 13.7. The molecule has 0 spiro atoms. The van der Waals surface area contributed by atoms with Gasteiger partial charge < -0.3 is 5.11 Å². The third kappa shape index (κ3) is 2.50. The second-order valence-corrected chi connectivity index (χ2v) is 6.20. The molecule has 2 aromatic rings. The van der Waals surface area contributed by atoms with E-state index in [1.165, 1.54) is 0 Å². The number of rotatable bonds is 2. The highest BCUT2D eigenvalue weighted by molar-refractivity contribution is 5.68. The maximum atomic E-state index is 10.6. The normalized spacial score (nSPS) is 12.1. The summed E-state index contributed by atoms with van der Waals surface area (Å²) in [5.41, 5.74) is 2.38. The van der Waals surface area contributed by atoms with Crippen molar-refractivity contribution in [1.82, 2.24) is 9.78 Å². The molecule has 1 aromatic carbocycles. The van der Waals surface area contributed by atoms with Gasteiger partial charge in [0.15, 0.2) is 5.75 Å². The Hall–Kier alpha value is -1.77. The molecule has 1 heterocycles. The molecule has 2 rings (SSSR count). The number of aromatic hydroxyl groups is 1. The Morgan fingerprint density at radius 2 is 1.68 bits per heavy atom. The molecule has 1 aromatic heterocycles. The lowest BCUT2D eigenvalue weighted by Gasteiger charge is -2.15. The maximum absolute atomic E-state index is 10.6. The molecule has 19 heavy (non-hydrogen) atoms. The second-order valence-electron chi connectivity index (χ2n) is 6.20. The van der Waals surface area contributed by atoms with Gasteiger partial charge in [0, 0.05) is 17.0 Å². The Morgan fingerprint density at radius 1 is 1.11 bits per heavy atom. The second kappa shape index (κ2) is 4.72. The van der Waals surface area contributed by atoms with Gasteiger partial charge in [-0.05, 0) is 13.8 Å². The molecule has 1 N–H and O–H groups in total. The third-order valence-electron chi connectivity index (χ3n) is 3.13. The van der Waals surface area contributed by atoms with Crippen molar-refractivity contribution in [3.8, 4) is 17.0 Å². The standard InChI is InChI=1S/C16H22N2O/c1-11(2)18-13(12-9-7-6-8-10-12)14(19)15(17-18)16(3,4)5/h6-11,19H,1-5H3. The summed E-state index contributed by atoms with van der Waals surface area (Å²) in [6.07, 6.45) is 0. The molecule has 0 saturated carbocycles. The summed E-state index contributed by atoms with van der Waals surface area (Å²) in [6, 6.07) is 10.1. The van der Waals surface area contributed by atoms with Crippen molar-refractivity contribution in [2.24, 2.45) is 0 Å². The summed E-state index contributed by atoms with van der Waals surface area (Å²) in [6.45, 7) is 10.3. The van der Waals surface area contributed by atoms with Gasteiger partial charge in [0.2, 0.25) is 0 Å². The van der Waals surface area contributed by atoms with E-state index < -0.39 is 0 Å². The van der Waals surface area contributed by atoms with E-state index in [0.29, 0.717) is 5.75 Å². The number of nitrogens with zero attached hydrogens (tertiary/aromatic N) is 2. The quantitative estimate of drug-likeness (QED) is 0.879. The highest BCUT2D eigenvalue weighted by atomic mass is 16.3. The van der Waals surface area contributed by atoms with E-state index in [9.17, 15) is 5.11 Å². The molecule has 0 bridgehead atoms. The molecule has 3 nitrogen and oxygen atoms in total. The van der Waals surface area contributed by atoms with Gasteiger partial charge in [0.25, 0.3) is 0 Å². The minimum Gasteiger partial charge on any atom is -0.504 e. The predicted molar refractivity (Wildman–Crippen MR) is 78.4 cm³/mol. The predicted octanol–water partition coefficient (Wildman–Crippen LogP) is 4.13. The fourth-order valence-electron chi connectivity index (χ4n) is 2.17. The molecule has 0 saturated heterocycles. The van der Waals surface area contributed by atoms with Crippen LogP contribution in [0.5, 0.6) is 5.75 Å². The monoisotopic (exact) mass is 258 g/mol. The van der Waals surface area contributed by atoms with Crippen molar-refractivity contribution in [3.05, 3.63) is 36.0 Å². The van der Waals surface area contributed by atoms with E-state index in [2.05, 4.69) is 39.7 Å². The van der Waals surface area contributed by atoms with Crippen LogP contribution in [-0.4, -0.2) is 14.9 Å². The van der Waals surface area contributed by atoms with Crippen LogP contribution in [0.3, 0.4) is 0 Å². The van der Waals surface area contributed by atoms with Crippen molar-refractivity contribution in [2.75, 3.05) is 0 Å². The van der Waals surface area contributed by atoms with Gasteiger partial charge >= 0.3 is 0 Å². The van der Waals surface area contributed by atoms with Gasteiger partial charge in [0.05, 0.1) is 0 Å². The first-order valence-electron chi connectivity index (χ1n) is 6.69. The van der Waals surface area contributed by atoms with E-state index in [4.69, 9.17) is 0 Å². The van der Waals surface area contributed by atoms with Crippen LogP contribution in [0.2, 0.25) is 0 Å². The zero-order valence-electron chi connectivity index (χ0n) is 12.3. The highest BCUT2D eigenvalue weighted by Gasteiger charge is 2.27. The largest absolute Gasteiger partial charge is 0.504 e. The summed E-state index contributed by atoms with van der Waals surface area (Å²) in [4.78, 5) is 0. The number of hydrogen-bond donors (Lipinski definition) is 1. The fourth-order valence-corrected chi connectivity index (χ4v) is 2.17. The van der Waals surface area contributed by atoms with Gasteiger partial charge in [-0.2, -0.15) is 5.10 Å². The van der Waals surface area contributed by atoms with Gasteiger partial charge in [-0.15, -0.1) is 0 Å². The van der Waals surface area contributed by atoms with Crippen LogP contribution in [0.15, 0.2) is 30.3 Å². The van der Waals surface area contributed by atoms with Crippen LogP contribution in [0, 0.1) is 0 Å². The van der Waals surface area contributed by atoms with Gasteiger partial charge in [-0.1, -0.05) is 51.1 Å². The van der Waals surface area contributed by atoms with Crippen molar-refractivity contribution >= 4 is 0 Å². The molecule has 0 aliphatic carbocycles. The van der Waals surface area contributed by atoms with Gasteiger partial charge in [-0.3, -0.25) is 4.68 Å². The summed E-state index contributed by atoms with van der Waals surface area (Å²) in [7, 11) is 0. The van der Waals surface area contributed by atoms with E-state index in [0.717, 1.165) is 17.0 Å². The fraction of sp³-hybridized carbons (Fsp3) is 0.438. The topological polar surface area (TPSA) is 38.0 Å². The van der Waals surface area contributed by atoms with Gasteiger partial charge in [0.1, 0.15) is 11.4 Å². The van der Waals surface area contributed by atoms with Crippen molar-refractivity contribution in [3.63, 3.8) is 0 Å². The Balaban J connectivity index is 2.69. The Bertz CT molecular complexity index is 562. The third-order valence-corrected chi connectivity index (χ3v) is 3.13. The minimum atomic E-state index is -0.173. The molecular weight excluding hydrogens is 236 g/mol. The lowest BCUT2D eigenvalue weighted by Crippen LogP contribution is -2.13. The average molecular weight is 258 g/mol. The van der Waals surface area contributed by atoms with Gasteiger partial charge in [-0.25, -0.2) is 0 Å². The summed E-state index contributed by atoms with van der Waals surface area (Å²) in [5.74, 6) is 0.299. The highest BCUT2D eigenvalue weighted by Crippen LogP contribution is 2.39. The zero-order valence-corrected chi connectivity index (χ0v) is 12.3. The van der Waals surface area contributed by atoms with Crippen LogP contribution in [0.1, 0.15) is 46.4 Å². The number of benzene rings is 1. The maximum Gasteiger partial charge on any atom is 0.165 e. The minimum absolute atomic E-state index is 0.173. The number of hydrogen-bond acceptors (Lipinski definition) is 2. The first-order valence-corrected chi connectivity index (χ1v) is 6.69. The molecule has 0 radical (unpaired) electrons. The van der Waals surface area contributed by atoms with Crippen LogP contribution in [0.4, 0.5) is 0 Å². The summed E-state index contributed by atoms with van der Waals surface area (Å²) < 4.78 is 1.91. The molecule has 3 heteroatoms. The van der Waals surface area contributed by atoms with Crippen LogP contribution < -0.4 is 0 Å². The molecule has 0 unspecified atom stereocenters. The van der Waals surface area contributed by atoms with Crippen LogP contribution in [0.25, 0.3) is 11.3 Å². The van der Waals surface area contributed by atoms with E-state index in [-0.39, 0.29) is 11.5 Å². The zero-order chi connectivity index (χ0) is 14.2. The van der Waals surface area contributed by atoms with Crippen molar-refractivity contribution < 1.29 is 5.11 Å². The molecule has 0 atom stereocenters. The summed E-state index contributed by atoms with van der Waals surface area (Å²) in [5, 5.41) is 15.2. The first-order chi connectivity index (χ1) is 8.82. The smallest absolute Gasteiger partial charge is 0.165 e. The molecule has 102 valence electrons. The molecule has 0 amide bonds. The van der Waals surface area contributed by atoms with E-state index >= 15 is 0 Å². The number of aromatic nitrogens is 2. The molecule has 0 aliphatic rings. The Morgan fingerprint density at radius 3 is 2.16 bits per heavy atom. The van der Waals surface area contributed by atoms with Crippen LogP contribution in [-0.2, 0) is 5.41 Å². The van der Waals surface area contributed by atoms with E-state index in [1.54, 1.807) is 0 Å². The Labute approximate surface area is 114 Å². The lowest BCUT2D eigenvalue weighted by atomic mass is 9.91. The summed E-state index contributed by atoms with van der Waals surface area (Å²) >= 11 is 0. The molecule has 0 aliphatic heterocycles. The molecule has 0 fully saturated rings. The lowest BCUT2D eigenvalue weighted by molar-refractivity contribution is 0.445. The van der Waals surface area contributed by atoms with Crippen molar-refractivity contribution in [1.29, 1.82) is 0 Å². The Kier molecular flexibility index (Phi) is 3.40. The van der Waals surface area contributed by atoms with Crippen molar-refractivity contribution in [2.45, 2.75) is 46.1 Å². The SMILES string of the molecule is CC(C)n1nc(C(C)(C)C)c(O)c1-c1ccccc1.